The van der Waals surface area contributed by atoms with Crippen molar-refractivity contribution in [2.45, 2.75) is 6.54 Å². The molecular weight excluding hydrogens is 274 g/mol. The van der Waals surface area contributed by atoms with E-state index in [2.05, 4.69) is 11.9 Å². The van der Waals surface area contributed by atoms with Gasteiger partial charge in [0.15, 0.2) is 0 Å². The Bertz CT molecular complexity index is 683. The summed E-state index contributed by atoms with van der Waals surface area (Å²) in [6, 6.07) is 3.72. The minimum Gasteiger partial charge on any atom is -0.339 e. The number of carbonyl (C=O) groups is 1. The monoisotopic (exact) mass is 291 g/mol. The zero-order valence-electron chi connectivity index (χ0n) is 11.4. The number of hydrogen-bond donors (Lipinski definition) is 0. The van der Waals surface area contributed by atoms with E-state index < -0.39 is 0 Å². The highest BCUT2D eigenvalue weighted by Crippen LogP contribution is 2.16. The standard InChI is InChI=1S/C14H17N3O2S/c1-15-5-7-16(8-6-15)13(18)10-17-4-2-12-11(14(17)19)3-9-20-12/h2-4,9H,5-8,10H2,1H3. The SMILES string of the molecule is CN1CCN(C(=O)Cn2ccc3sccc3c2=O)CC1. The fourth-order valence-corrected chi connectivity index (χ4v) is 3.21. The zero-order chi connectivity index (χ0) is 14.1. The van der Waals surface area contributed by atoms with Crippen molar-refractivity contribution in [3.63, 3.8) is 0 Å². The Morgan fingerprint density at radius 3 is 2.75 bits per heavy atom. The lowest BCUT2D eigenvalue weighted by atomic mass is 10.3. The van der Waals surface area contributed by atoms with E-state index in [4.69, 9.17) is 0 Å². The van der Waals surface area contributed by atoms with Crippen LogP contribution in [0.2, 0.25) is 0 Å². The molecule has 1 saturated heterocycles. The van der Waals surface area contributed by atoms with Crippen LogP contribution in [0.15, 0.2) is 28.5 Å². The van der Waals surface area contributed by atoms with E-state index in [1.165, 1.54) is 4.57 Å². The third kappa shape index (κ3) is 2.48. The second-order valence-corrected chi connectivity index (χ2v) is 6.08. The Balaban J connectivity index is 1.77. The van der Waals surface area contributed by atoms with E-state index >= 15 is 0 Å². The second kappa shape index (κ2) is 5.38. The molecule has 0 saturated carbocycles. The van der Waals surface area contributed by atoms with Gasteiger partial charge >= 0.3 is 0 Å². The average molecular weight is 291 g/mol. The Morgan fingerprint density at radius 1 is 1.25 bits per heavy atom. The Hall–Kier alpha value is -1.66. The summed E-state index contributed by atoms with van der Waals surface area (Å²) in [6.45, 7) is 3.40. The molecule has 20 heavy (non-hydrogen) atoms. The molecule has 0 aromatic carbocycles. The Morgan fingerprint density at radius 2 is 2.00 bits per heavy atom. The fourth-order valence-electron chi connectivity index (χ4n) is 2.43. The summed E-state index contributed by atoms with van der Waals surface area (Å²) in [5.74, 6) is 0.0229. The summed E-state index contributed by atoms with van der Waals surface area (Å²) in [7, 11) is 2.05. The van der Waals surface area contributed by atoms with Gasteiger partial charge in [0.2, 0.25) is 5.91 Å². The molecule has 1 fully saturated rings. The number of nitrogens with zero attached hydrogens (tertiary/aromatic N) is 3. The molecule has 1 aliphatic rings. The lowest BCUT2D eigenvalue weighted by Gasteiger charge is -2.32. The van der Waals surface area contributed by atoms with Crippen molar-refractivity contribution < 1.29 is 4.79 Å². The van der Waals surface area contributed by atoms with Crippen LogP contribution in [-0.2, 0) is 11.3 Å². The van der Waals surface area contributed by atoms with Gasteiger partial charge in [0.1, 0.15) is 6.54 Å². The van der Waals surface area contributed by atoms with Crippen molar-refractivity contribution in [3.8, 4) is 0 Å². The first-order chi connectivity index (χ1) is 9.65. The molecule has 0 unspecified atom stereocenters. The van der Waals surface area contributed by atoms with Crippen LogP contribution in [-0.4, -0.2) is 53.5 Å². The van der Waals surface area contributed by atoms with Crippen LogP contribution in [0.5, 0.6) is 0 Å². The third-order valence-corrected chi connectivity index (χ3v) is 4.64. The lowest BCUT2D eigenvalue weighted by Crippen LogP contribution is -2.48. The lowest BCUT2D eigenvalue weighted by molar-refractivity contribution is -0.133. The number of hydrogen-bond acceptors (Lipinski definition) is 4. The van der Waals surface area contributed by atoms with Gasteiger partial charge in [0, 0.05) is 37.1 Å². The normalized spacial score (nSPS) is 16.8. The maximum atomic E-state index is 12.3. The quantitative estimate of drug-likeness (QED) is 0.823. The number of likely N-dealkylation sites (N-methyl/N-ethyl adjacent to an activating group) is 1. The van der Waals surface area contributed by atoms with Gasteiger partial charge in [-0.25, -0.2) is 0 Å². The first-order valence-corrected chi connectivity index (χ1v) is 7.56. The molecule has 0 spiro atoms. The Labute approximate surface area is 121 Å². The summed E-state index contributed by atoms with van der Waals surface area (Å²) in [5.41, 5.74) is -0.0776. The fraction of sp³-hybridized carbons (Fsp3) is 0.429. The van der Waals surface area contributed by atoms with Gasteiger partial charge in [-0.15, -0.1) is 11.3 Å². The number of piperazine rings is 1. The molecule has 0 atom stereocenters. The van der Waals surface area contributed by atoms with Gasteiger partial charge in [-0.2, -0.15) is 0 Å². The van der Waals surface area contributed by atoms with E-state index in [1.54, 1.807) is 17.5 Å². The predicted octanol–water partition coefficient (Wildman–Crippen LogP) is 0.837. The molecule has 0 N–H and O–H groups in total. The van der Waals surface area contributed by atoms with Gasteiger partial charge in [0.25, 0.3) is 5.56 Å². The van der Waals surface area contributed by atoms with Crippen LogP contribution in [0, 0.1) is 0 Å². The van der Waals surface area contributed by atoms with E-state index in [-0.39, 0.29) is 18.0 Å². The van der Waals surface area contributed by atoms with E-state index in [0.717, 1.165) is 30.9 Å². The van der Waals surface area contributed by atoms with Crippen molar-refractivity contribution >= 4 is 27.3 Å². The highest BCUT2D eigenvalue weighted by Gasteiger charge is 2.19. The molecule has 106 valence electrons. The van der Waals surface area contributed by atoms with Gasteiger partial charge in [-0.05, 0) is 24.6 Å². The van der Waals surface area contributed by atoms with Gasteiger partial charge in [-0.1, -0.05) is 0 Å². The summed E-state index contributed by atoms with van der Waals surface area (Å²) in [5, 5.41) is 2.60. The predicted molar refractivity (Wildman–Crippen MR) is 80.2 cm³/mol. The highest BCUT2D eigenvalue weighted by molar-refractivity contribution is 7.17. The highest BCUT2D eigenvalue weighted by atomic mass is 32.1. The van der Waals surface area contributed by atoms with Crippen molar-refractivity contribution in [3.05, 3.63) is 34.1 Å². The van der Waals surface area contributed by atoms with Crippen molar-refractivity contribution in [1.29, 1.82) is 0 Å². The molecule has 6 heteroatoms. The minimum absolute atomic E-state index is 0.0229. The summed E-state index contributed by atoms with van der Waals surface area (Å²) < 4.78 is 2.48. The molecule has 0 radical (unpaired) electrons. The molecule has 3 heterocycles. The molecule has 1 aliphatic heterocycles. The first-order valence-electron chi connectivity index (χ1n) is 6.68. The molecule has 2 aromatic heterocycles. The van der Waals surface area contributed by atoms with Crippen LogP contribution < -0.4 is 5.56 Å². The number of rotatable bonds is 2. The van der Waals surface area contributed by atoms with E-state index in [1.807, 2.05) is 22.4 Å². The summed E-state index contributed by atoms with van der Waals surface area (Å²) in [6.07, 6.45) is 1.72. The zero-order valence-corrected chi connectivity index (χ0v) is 12.2. The van der Waals surface area contributed by atoms with Crippen LogP contribution >= 0.6 is 11.3 Å². The molecule has 0 aliphatic carbocycles. The molecule has 2 aromatic rings. The van der Waals surface area contributed by atoms with Crippen molar-refractivity contribution in [2.24, 2.45) is 0 Å². The van der Waals surface area contributed by atoms with Gasteiger partial charge < -0.3 is 14.4 Å². The average Bonchev–Trinajstić information content (AvgIpc) is 2.92. The number of pyridine rings is 1. The van der Waals surface area contributed by atoms with Crippen LogP contribution in [0.1, 0.15) is 0 Å². The topological polar surface area (TPSA) is 45.5 Å². The third-order valence-electron chi connectivity index (χ3n) is 3.75. The maximum absolute atomic E-state index is 12.3. The van der Waals surface area contributed by atoms with Crippen LogP contribution in [0.4, 0.5) is 0 Å². The number of aromatic nitrogens is 1. The number of carbonyl (C=O) groups excluding carboxylic acids is 1. The Kier molecular flexibility index (Phi) is 3.58. The number of amides is 1. The smallest absolute Gasteiger partial charge is 0.259 e. The first kappa shape index (κ1) is 13.3. The molecule has 3 rings (SSSR count). The molecule has 1 amide bonds. The van der Waals surface area contributed by atoms with Gasteiger partial charge in [0.05, 0.1) is 5.39 Å². The van der Waals surface area contributed by atoms with Crippen molar-refractivity contribution in [2.75, 3.05) is 33.2 Å². The van der Waals surface area contributed by atoms with Crippen molar-refractivity contribution in [1.82, 2.24) is 14.4 Å². The number of fused-ring (bicyclic) bond motifs is 1. The molecular formula is C14H17N3O2S. The second-order valence-electron chi connectivity index (χ2n) is 5.13. The minimum atomic E-state index is -0.0776. The van der Waals surface area contributed by atoms with Gasteiger partial charge in [-0.3, -0.25) is 9.59 Å². The molecule has 5 nitrogen and oxygen atoms in total. The van der Waals surface area contributed by atoms with E-state index in [9.17, 15) is 9.59 Å². The molecule has 0 bridgehead atoms. The number of thiophene rings is 1. The van der Waals surface area contributed by atoms with Crippen LogP contribution in [0.3, 0.4) is 0 Å². The summed E-state index contributed by atoms with van der Waals surface area (Å²) in [4.78, 5) is 28.5. The van der Waals surface area contributed by atoms with E-state index in [0.29, 0.717) is 5.39 Å². The summed E-state index contributed by atoms with van der Waals surface area (Å²) >= 11 is 1.54. The maximum Gasteiger partial charge on any atom is 0.259 e. The largest absolute Gasteiger partial charge is 0.339 e. The van der Waals surface area contributed by atoms with Crippen LogP contribution in [0.25, 0.3) is 10.1 Å².